The SMILES string of the molecule is C=C1C2C[C@@H]3OC(C[C@H](O)CN)[C@H](OC)C3CC(=O)C[C@H]3CC[C@@H]4O[C@@H]5[C@@H](C)[C@@H](O[C@@]6(CCC7CC(=C)[C@H](CCC(C[C@H]1C)O2)O7)C[C@@H](O)[C@@H]5O6)[C@H]4O3. The Kier molecular flexibility index (Phi) is 11.3. The molecule has 8 aliphatic heterocycles. The quantitative estimate of drug-likeness (QED) is 0.360. The molecule has 10 bridgehead atoms. The Hall–Kier alpha value is -1.29. The predicted molar refractivity (Wildman–Crippen MR) is 193 cm³/mol. The number of carbonyl (C=O) groups excluding carboxylic acids is 1. The van der Waals surface area contributed by atoms with Crippen LogP contribution >= 0.6 is 0 Å². The smallest absolute Gasteiger partial charge is 0.172 e. The number of Topliss-reactive ketones (excluding diaryl/α,β-unsaturated/α-hetero) is 1. The largest absolute Gasteiger partial charge is 0.392 e. The van der Waals surface area contributed by atoms with Gasteiger partial charge in [0, 0.05) is 64.0 Å². The minimum atomic E-state index is -0.966. The second-order valence-corrected chi connectivity index (χ2v) is 17.7. The summed E-state index contributed by atoms with van der Waals surface area (Å²) in [5.74, 6) is -0.913. The highest BCUT2D eigenvalue weighted by Gasteiger charge is 2.62. The first kappa shape index (κ1) is 38.6. The van der Waals surface area contributed by atoms with Crippen LogP contribution in [-0.2, 0) is 42.7 Å². The molecule has 0 aliphatic carbocycles. The molecular formula is C41H63NO11. The van der Waals surface area contributed by atoms with E-state index in [-0.39, 0.29) is 110 Å². The summed E-state index contributed by atoms with van der Waals surface area (Å²) in [6.07, 6.45) is 3.08. The van der Waals surface area contributed by atoms with E-state index in [1.165, 1.54) is 0 Å². The van der Waals surface area contributed by atoms with Gasteiger partial charge in [-0.25, -0.2) is 0 Å². The first-order chi connectivity index (χ1) is 25.4. The molecule has 53 heavy (non-hydrogen) atoms. The van der Waals surface area contributed by atoms with E-state index in [2.05, 4.69) is 27.0 Å². The normalized spacial score (nSPS) is 51.1. The van der Waals surface area contributed by atoms with E-state index < -0.39 is 30.2 Å². The second-order valence-electron chi connectivity index (χ2n) is 17.7. The van der Waals surface area contributed by atoms with Crippen molar-refractivity contribution >= 4 is 5.78 Å². The van der Waals surface area contributed by atoms with Crippen LogP contribution in [0.2, 0.25) is 0 Å². The molecule has 8 rings (SSSR count). The van der Waals surface area contributed by atoms with Crippen molar-refractivity contribution in [2.75, 3.05) is 13.7 Å². The minimum absolute atomic E-state index is 0.0110. The van der Waals surface area contributed by atoms with E-state index in [0.717, 1.165) is 49.7 Å². The molecule has 12 nitrogen and oxygen atoms in total. The van der Waals surface area contributed by atoms with Crippen molar-refractivity contribution < 1.29 is 52.9 Å². The number of methoxy groups -OCH3 is 1. The van der Waals surface area contributed by atoms with Crippen molar-refractivity contribution in [2.24, 2.45) is 23.5 Å². The van der Waals surface area contributed by atoms with Crippen molar-refractivity contribution in [1.29, 1.82) is 0 Å². The summed E-state index contributed by atoms with van der Waals surface area (Å²) in [6.45, 7) is 13.3. The van der Waals surface area contributed by atoms with Gasteiger partial charge in [-0.05, 0) is 62.0 Å². The summed E-state index contributed by atoms with van der Waals surface area (Å²) in [5, 5.41) is 21.8. The van der Waals surface area contributed by atoms with Gasteiger partial charge in [-0.1, -0.05) is 27.0 Å². The van der Waals surface area contributed by atoms with Crippen molar-refractivity contribution in [1.82, 2.24) is 0 Å². The minimum Gasteiger partial charge on any atom is -0.392 e. The third-order valence-electron chi connectivity index (χ3n) is 14.1. The van der Waals surface area contributed by atoms with Gasteiger partial charge in [0.05, 0.1) is 79.4 Å². The number of rotatable bonds is 4. The zero-order valence-electron chi connectivity index (χ0n) is 31.9. The summed E-state index contributed by atoms with van der Waals surface area (Å²) in [6, 6.07) is 0. The molecule has 0 aromatic heterocycles. The van der Waals surface area contributed by atoms with Crippen LogP contribution in [0.15, 0.2) is 24.3 Å². The molecule has 0 aromatic carbocycles. The zero-order valence-corrected chi connectivity index (χ0v) is 31.9. The lowest BCUT2D eigenvalue weighted by Gasteiger charge is -2.50. The van der Waals surface area contributed by atoms with E-state index in [1.54, 1.807) is 7.11 Å². The van der Waals surface area contributed by atoms with Gasteiger partial charge >= 0.3 is 0 Å². The first-order valence-electron chi connectivity index (χ1n) is 20.5. The van der Waals surface area contributed by atoms with E-state index in [4.69, 9.17) is 43.6 Å². The molecule has 8 heterocycles. The number of aliphatic hydroxyl groups excluding tert-OH is 2. The van der Waals surface area contributed by atoms with Gasteiger partial charge in [-0.2, -0.15) is 0 Å². The highest BCUT2D eigenvalue weighted by atomic mass is 16.7. The van der Waals surface area contributed by atoms with E-state index in [0.29, 0.717) is 32.1 Å². The average Bonchev–Trinajstić information content (AvgIpc) is 3.75. The third kappa shape index (κ3) is 7.61. The van der Waals surface area contributed by atoms with Crippen LogP contribution in [0.3, 0.4) is 0 Å². The Bertz CT molecular complexity index is 1360. The van der Waals surface area contributed by atoms with Crippen molar-refractivity contribution in [3.05, 3.63) is 24.3 Å². The Labute approximate surface area is 314 Å². The molecule has 8 fully saturated rings. The lowest BCUT2D eigenvalue weighted by atomic mass is 9.80. The maximum Gasteiger partial charge on any atom is 0.172 e. The number of nitrogens with two attached hydrogens (primary N) is 1. The number of hydrogen-bond donors (Lipinski definition) is 3. The number of ether oxygens (including phenoxy) is 8. The fourth-order valence-corrected chi connectivity index (χ4v) is 11.1. The number of aliphatic hydroxyl groups is 2. The summed E-state index contributed by atoms with van der Waals surface area (Å²) in [7, 11) is 1.65. The number of ketones is 1. The number of hydrogen-bond acceptors (Lipinski definition) is 12. The van der Waals surface area contributed by atoms with Gasteiger partial charge in [-0.15, -0.1) is 0 Å². The van der Waals surface area contributed by atoms with Crippen LogP contribution in [0.25, 0.3) is 0 Å². The maximum atomic E-state index is 14.1. The van der Waals surface area contributed by atoms with Gasteiger partial charge in [0.15, 0.2) is 5.79 Å². The first-order valence-corrected chi connectivity index (χ1v) is 20.5. The Morgan fingerprint density at radius 2 is 1.60 bits per heavy atom. The number of fused-ring (bicyclic) bond motifs is 9. The van der Waals surface area contributed by atoms with Gasteiger partial charge < -0.3 is 53.8 Å². The molecule has 0 saturated carbocycles. The fraction of sp³-hybridized carbons (Fsp3) is 0.878. The summed E-state index contributed by atoms with van der Waals surface area (Å²) < 4.78 is 53.3. The highest BCUT2D eigenvalue weighted by Crippen LogP contribution is 2.51. The molecule has 8 saturated heterocycles. The lowest BCUT2D eigenvalue weighted by molar-refractivity contribution is -0.290. The summed E-state index contributed by atoms with van der Waals surface area (Å²) in [5.41, 5.74) is 7.96. The van der Waals surface area contributed by atoms with Gasteiger partial charge in [0.25, 0.3) is 0 Å². The molecule has 0 radical (unpaired) electrons. The Morgan fingerprint density at radius 1 is 0.849 bits per heavy atom. The third-order valence-corrected chi connectivity index (χ3v) is 14.1. The Balaban J connectivity index is 1.07. The molecule has 12 heteroatoms. The van der Waals surface area contributed by atoms with Crippen molar-refractivity contribution in [2.45, 2.75) is 195 Å². The van der Waals surface area contributed by atoms with Crippen molar-refractivity contribution in [3.8, 4) is 0 Å². The van der Waals surface area contributed by atoms with Gasteiger partial charge in [0.2, 0.25) is 0 Å². The summed E-state index contributed by atoms with van der Waals surface area (Å²) in [4.78, 5) is 14.1. The standard InChI is InChI=1S/C41H63NO11/c1-20-12-26-6-8-31-21(2)13-28(47-31)10-11-41-18-30(45)39(53-41)36-23(4)37(52-41)40-32(51-36)9-7-27(49-40)14-24(43)15-29-34(17-33(48-26)22(20)3)50-35(38(29)46-5)16-25(44)19-42/h20,23,25-40,44-45H,2-3,6-19,42H2,1,4-5H3/t20-,23-,25+,26?,27-,28?,29?,30-,31+,32+,33?,34+,35?,36-,37-,38-,39+,40+,41-/m1/s1. The van der Waals surface area contributed by atoms with Crippen LogP contribution in [-0.4, -0.2) is 127 Å². The fourth-order valence-electron chi connectivity index (χ4n) is 11.1. The Morgan fingerprint density at radius 3 is 2.40 bits per heavy atom. The van der Waals surface area contributed by atoms with Gasteiger partial charge in [0.1, 0.15) is 18.0 Å². The topological polar surface area (TPSA) is 157 Å². The summed E-state index contributed by atoms with van der Waals surface area (Å²) >= 11 is 0. The second kappa shape index (κ2) is 15.6. The molecule has 298 valence electrons. The zero-order chi connectivity index (χ0) is 37.2. The number of carbonyl (C=O) groups is 1. The molecule has 5 unspecified atom stereocenters. The maximum absolute atomic E-state index is 14.1. The lowest BCUT2D eigenvalue weighted by Crippen LogP contribution is -2.62. The highest BCUT2D eigenvalue weighted by molar-refractivity contribution is 5.79. The van der Waals surface area contributed by atoms with Crippen LogP contribution in [0.4, 0.5) is 0 Å². The molecule has 1 spiro atoms. The molecular weight excluding hydrogens is 682 g/mol. The van der Waals surface area contributed by atoms with E-state index >= 15 is 0 Å². The van der Waals surface area contributed by atoms with Crippen LogP contribution in [0.5, 0.6) is 0 Å². The van der Waals surface area contributed by atoms with Crippen LogP contribution in [0.1, 0.15) is 97.3 Å². The van der Waals surface area contributed by atoms with Gasteiger partial charge in [-0.3, -0.25) is 4.79 Å². The van der Waals surface area contributed by atoms with Crippen LogP contribution < -0.4 is 5.73 Å². The molecule has 0 amide bonds. The molecule has 4 N–H and O–H groups in total. The molecule has 19 atom stereocenters. The van der Waals surface area contributed by atoms with Crippen molar-refractivity contribution in [3.63, 3.8) is 0 Å². The molecule has 0 aromatic rings. The predicted octanol–water partition coefficient (Wildman–Crippen LogP) is 3.67. The molecule has 8 aliphatic rings. The average molecular weight is 746 g/mol. The van der Waals surface area contributed by atoms with E-state index in [9.17, 15) is 15.0 Å². The monoisotopic (exact) mass is 745 g/mol. The van der Waals surface area contributed by atoms with E-state index in [1.807, 2.05) is 0 Å². The van der Waals surface area contributed by atoms with Crippen LogP contribution in [0, 0.1) is 17.8 Å².